The molecule has 1 aliphatic heterocycles. The zero-order valence-corrected chi connectivity index (χ0v) is 13.9. The predicted molar refractivity (Wildman–Crippen MR) is 93.7 cm³/mol. The van der Waals surface area contributed by atoms with Gasteiger partial charge in [-0.05, 0) is 12.5 Å². The molecule has 0 bridgehead atoms. The Morgan fingerprint density at radius 1 is 1.25 bits per heavy atom. The van der Waals surface area contributed by atoms with E-state index in [2.05, 4.69) is 35.8 Å². The van der Waals surface area contributed by atoms with E-state index in [9.17, 15) is 0 Å². The molecule has 1 aromatic carbocycles. The maximum absolute atomic E-state index is 6.05. The van der Waals surface area contributed by atoms with Crippen molar-refractivity contribution in [2.75, 3.05) is 17.2 Å². The third-order valence-corrected chi connectivity index (χ3v) is 7.79. The summed E-state index contributed by atoms with van der Waals surface area (Å²) in [5.41, 5.74) is 8.93. The van der Waals surface area contributed by atoms with Crippen LogP contribution >= 0.6 is 34.9 Å². The molecular formula is C15H18N2S3. The van der Waals surface area contributed by atoms with Crippen molar-refractivity contribution in [1.29, 1.82) is 0 Å². The van der Waals surface area contributed by atoms with Crippen LogP contribution in [0, 0.1) is 0 Å². The number of thiazole rings is 1. The van der Waals surface area contributed by atoms with Crippen LogP contribution < -0.4 is 5.73 Å². The van der Waals surface area contributed by atoms with Crippen LogP contribution in [0.4, 0.5) is 5.69 Å². The summed E-state index contributed by atoms with van der Waals surface area (Å²) in [5.74, 6) is 2.50. The first-order valence-electron chi connectivity index (χ1n) is 6.83. The van der Waals surface area contributed by atoms with Gasteiger partial charge in [0.2, 0.25) is 0 Å². The van der Waals surface area contributed by atoms with Crippen LogP contribution in [-0.2, 0) is 0 Å². The highest BCUT2D eigenvalue weighted by Crippen LogP contribution is 2.45. The lowest BCUT2D eigenvalue weighted by molar-refractivity contribution is 0.789. The lowest BCUT2D eigenvalue weighted by Gasteiger charge is -2.28. The minimum atomic E-state index is 0.544. The van der Waals surface area contributed by atoms with E-state index in [0.717, 1.165) is 16.9 Å². The standard InChI is InChI=1S/C15H18N2S3/c1-2-13-14(19-8-7-18-13)15-17-12(9-20-15)10-5-3-4-6-11(10)16/h3-6,9,13-14H,2,7-8,16H2,1H3. The van der Waals surface area contributed by atoms with Crippen LogP contribution in [0.2, 0.25) is 0 Å². The zero-order chi connectivity index (χ0) is 13.9. The minimum Gasteiger partial charge on any atom is -0.398 e. The van der Waals surface area contributed by atoms with Crippen molar-refractivity contribution in [1.82, 2.24) is 4.98 Å². The van der Waals surface area contributed by atoms with Gasteiger partial charge in [0.05, 0.1) is 10.9 Å². The zero-order valence-electron chi connectivity index (χ0n) is 11.4. The summed E-state index contributed by atoms with van der Waals surface area (Å²) in [6.07, 6.45) is 1.21. The highest BCUT2D eigenvalue weighted by molar-refractivity contribution is 8.06. The molecule has 2 aromatic rings. The molecule has 106 valence electrons. The van der Waals surface area contributed by atoms with Gasteiger partial charge in [-0.25, -0.2) is 4.98 Å². The molecule has 1 aliphatic rings. The minimum absolute atomic E-state index is 0.544. The maximum Gasteiger partial charge on any atom is 0.107 e. The van der Waals surface area contributed by atoms with Crippen molar-refractivity contribution in [3.05, 3.63) is 34.7 Å². The lowest BCUT2D eigenvalue weighted by Crippen LogP contribution is -2.18. The van der Waals surface area contributed by atoms with Gasteiger partial charge < -0.3 is 5.73 Å². The molecule has 1 aromatic heterocycles. The third-order valence-electron chi connectivity index (χ3n) is 3.45. The fraction of sp³-hybridized carbons (Fsp3) is 0.400. The Kier molecular flexibility index (Phi) is 4.58. The van der Waals surface area contributed by atoms with E-state index < -0.39 is 0 Å². The van der Waals surface area contributed by atoms with Gasteiger partial charge in [-0.3, -0.25) is 0 Å². The van der Waals surface area contributed by atoms with E-state index in [1.807, 2.05) is 24.3 Å². The average Bonchev–Trinajstić information content (AvgIpc) is 2.97. The topological polar surface area (TPSA) is 38.9 Å². The molecule has 3 rings (SSSR count). The molecule has 2 heterocycles. The van der Waals surface area contributed by atoms with Gasteiger partial charge in [-0.15, -0.1) is 23.1 Å². The van der Waals surface area contributed by atoms with Crippen molar-refractivity contribution >= 4 is 40.5 Å². The smallest absolute Gasteiger partial charge is 0.107 e. The third kappa shape index (κ3) is 2.85. The van der Waals surface area contributed by atoms with Gasteiger partial charge in [0, 0.05) is 33.4 Å². The molecule has 5 heteroatoms. The Bertz CT molecular complexity index is 582. The van der Waals surface area contributed by atoms with Gasteiger partial charge in [0.25, 0.3) is 0 Å². The fourth-order valence-corrected chi connectivity index (χ4v) is 6.66. The Morgan fingerprint density at radius 3 is 2.85 bits per heavy atom. The van der Waals surface area contributed by atoms with Gasteiger partial charge in [0.15, 0.2) is 0 Å². The normalized spacial score (nSPS) is 22.9. The monoisotopic (exact) mass is 322 g/mol. The molecule has 1 fully saturated rings. The number of rotatable bonds is 3. The van der Waals surface area contributed by atoms with Gasteiger partial charge in [-0.2, -0.15) is 11.8 Å². The fourth-order valence-electron chi connectivity index (χ4n) is 2.40. The second-order valence-electron chi connectivity index (χ2n) is 4.77. The number of thioether (sulfide) groups is 2. The Hall–Kier alpha value is -0.650. The Labute approximate surface area is 132 Å². The number of anilines is 1. The molecule has 1 saturated heterocycles. The molecule has 0 spiro atoms. The Balaban J connectivity index is 1.88. The van der Waals surface area contributed by atoms with Crippen LogP contribution in [0.25, 0.3) is 11.3 Å². The first-order valence-corrected chi connectivity index (χ1v) is 9.81. The molecule has 0 radical (unpaired) electrons. The van der Waals surface area contributed by atoms with E-state index in [4.69, 9.17) is 10.7 Å². The average molecular weight is 323 g/mol. The van der Waals surface area contributed by atoms with Crippen LogP contribution in [0.15, 0.2) is 29.6 Å². The van der Waals surface area contributed by atoms with Crippen LogP contribution in [0.1, 0.15) is 23.6 Å². The summed E-state index contributed by atoms with van der Waals surface area (Å²) >= 11 is 5.93. The molecule has 20 heavy (non-hydrogen) atoms. The number of para-hydroxylation sites is 1. The first kappa shape index (κ1) is 14.3. The largest absolute Gasteiger partial charge is 0.398 e. The summed E-state index contributed by atoms with van der Waals surface area (Å²) in [6, 6.07) is 7.97. The molecule has 2 unspecified atom stereocenters. The van der Waals surface area contributed by atoms with Crippen molar-refractivity contribution in [2.45, 2.75) is 23.8 Å². The van der Waals surface area contributed by atoms with Crippen molar-refractivity contribution in [3.8, 4) is 11.3 Å². The van der Waals surface area contributed by atoms with E-state index in [-0.39, 0.29) is 0 Å². The first-order chi connectivity index (χ1) is 9.79. The molecule has 2 atom stereocenters. The van der Waals surface area contributed by atoms with Crippen LogP contribution in [-0.4, -0.2) is 21.7 Å². The summed E-state index contributed by atoms with van der Waals surface area (Å²) < 4.78 is 0. The second-order valence-corrected chi connectivity index (χ2v) is 8.25. The van der Waals surface area contributed by atoms with Crippen molar-refractivity contribution in [3.63, 3.8) is 0 Å². The quantitative estimate of drug-likeness (QED) is 0.832. The highest BCUT2D eigenvalue weighted by Gasteiger charge is 2.28. The molecular weight excluding hydrogens is 304 g/mol. The SMILES string of the molecule is CCC1SCCSC1c1nc(-c2ccccc2N)cs1. The van der Waals surface area contributed by atoms with E-state index in [1.54, 1.807) is 11.3 Å². The van der Waals surface area contributed by atoms with Crippen molar-refractivity contribution < 1.29 is 0 Å². The number of hydrogen-bond donors (Lipinski definition) is 1. The van der Waals surface area contributed by atoms with E-state index >= 15 is 0 Å². The van der Waals surface area contributed by atoms with Gasteiger partial charge >= 0.3 is 0 Å². The summed E-state index contributed by atoms with van der Waals surface area (Å²) in [6.45, 7) is 2.28. The molecule has 2 nitrogen and oxygen atoms in total. The molecule has 0 amide bonds. The number of aromatic nitrogens is 1. The molecule has 0 aliphatic carbocycles. The number of hydrogen-bond acceptors (Lipinski definition) is 5. The number of nitrogens with zero attached hydrogens (tertiary/aromatic N) is 1. The lowest BCUT2D eigenvalue weighted by atomic mass is 10.1. The van der Waals surface area contributed by atoms with Crippen LogP contribution in [0.5, 0.6) is 0 Å². The summed E-state index contributed by atoms with van der Waals surface area (Å²) in [5, 5.41) is 4.64. The maximum atomic E-state index is 6.05. The molecule has 2 N–H and O–H groups in total. The predicted octanol–water partition coefficient (Wildman–Crippen LogP) is 4.69. The molecule has 0 saturated carbocycles. The number of nitrogen functional groups attached to an aromatic ring is 1. The number of nitrogens with two attached hydrogens (primary N) is 1. The van der Waals surface area contributed by atoms with E-state index in [1.165, 1.54) is 22.9 Å². The highest BCUT2D eigenvalue weighted by atomic mass is 32.2. The van der Waals surface area contributed by atoms with Crippen LogP contribution in [0.3, 0.4) is 0 Å². The summed E-state index contributed by atoms with van der Waals surface area (Å²) in [7, 11) is 0. The van der Waals surface area contributed by atoms with Crippen molar-refractivity contribution in [2.24, 2.45) is 0 Å². The summed E-state index contributed by atoms with van der Waals surface area (Å²) in [4.78, 5) is 4.87. The number of benzene rings is 1. The van der Waals surface area contributed by atoms with Gasteiger partial charge in [0.1, 0.15) is 5.01 Å². The van der Waals surface area contributed by atoms with E-state index in [0.29, 0.717) is 10.5 Å². The van der Waals surface area contributed by atoms with Gasteiger partial charge in [-0.1, -0.05) is 25.1 Å². The second kappa shape index (κ2) is 6.41. The Morgan fingerprint density at radius 2 is 2.05 bits per heavy atom.